The van der Waals surface area contributed by atoms with Crippen LogP contribution in [-0.2, 0) is 9.47 Å². The minimum absolute atomic E-state index is 0.0497. The Hall–Kier alpha value is -1.11. The first kappa shape index (κ1) is 14.0. The van der Waals surface area contributed by atoms with Crippen molar-refractivity contribution in [2.45, 2.75) is 23.5 Å². The Labute approximate surface area is 103 Å². The quantitative estimate of drug-likeness (QED) is 0.412. The van der Waals surface area contributed by atoms with Crippen LogP contribution < -0.4 is 0 Å². The Kier molecular flexibility index (Phi) is 5.96. The topological polar surface area (TPSA) is 116 Å². The molecule has 0 aromatic rings. The summed E-state index contributed by atoms with van der Waals surface area (Å²) in [6.07, 6.45) is -0.392. The monoisotopic (exact) mass is 258 g/mol. The van der Waals surface area contributed by atoms with E-state index in [-0.39, 0.29) is 30.0 Å². The van der Waals surface area contributed by atoms with Crippen molar-refractivity contribution < 1.29 is 9.47 Å². The van der Waals surface area contributed by atoms with Gasteiger partial charge in [0.15, 0.2) is 0 Å². The van der Waals surface area contributed by atoms with Crippen molar-refractivity contribution in [3.8, 4) is 0 Å². The Balaban J connectivity index is 2.79. The van der Waals surface area contributed by atoms with Gasteiger partial charge in [-0.2, -0.15) is 11.8 Å². The molecule has 1 rings (SSSR count). The molecule has 1 saturated heterocycles. The molecule has 0 radical (unpaired) electrons. The Morgan fingerprint density at radius 1 is 1.41 bits per heavy atom. The predicted octanol–water partition coefficient (Wildman–Crippen LogP) is 2.12. The van der Waals surface area contributed by atoms with Crippen LogP contribution in [0.4, 0.5) is 0 Å². The van der Waals surface area contributed by atoms with Crippen molar-refractivity contribution in [1.29, 1.82) is 0 Å². The van der Waals surface area contributed by atoms with E-state index in [0.717, 1.165) is 5.75 Å². The third-order valence-corrected chi connectivity index (χ3v) is 4.14. The van der Waals surface area contributed by atoms with Gasteiger partial charge in [-0.3, -0.25) is 0 Å². The molecule has 0 amide bonds. The lowest BCUT2D eigenvalue weighted by atomic mass is 10.1. The lowest BCUT2D eigenvalue weighted by Gasteiger charge is -2.24. The van der Waals surface area contributed by atoms with Gasteiger partial charge >= 0.3 is 0 Å². The van der Waals surface area contributed by atoms with Crippen molar-refractivity contribution in [1.82, 2.24) is 0 Å². The number of hydrogen-bond acceptors (Lipinski definition) is 5. The average molecular weight is 258 g/mol. The second-order valence-corrected chi connectivity index (χ2v) is 4.67. The molecule has 17 heavy (non-hydrogen) atoms. The molecule has 0 saturated carbocycles. The molecule has 0 bridgehead atoms. The molecule has 1 heterocycles. The molecule has 0 aliphatic carbocycles. The number of ether oxygens (including phenoxy) is 2. The highest BCUT2D eigenvalue weighted by Gasteiger charge is 2.40. The molecule has 94 valence electrons. The molecule has 4 atom stereocenters. The zero-order valence-electron chi connectivity index (χ0n) is 9.63. The number of azide groups is 2. The fraction of sp³-hybridized carbons (Fsp3) is 1.00. The number of thioether (sulfide) groups is 1. The number of methoxy groups -OCH3 is 2. The lowest BCUT2D eigenvalue weighted by molar-refractivity contribution is 0.0668. The summed E-state index contributed by atoms with van der Waals surface area (Å²) in [6.45, 7) is 0.221. The number of hydrogen-bond donors (Lipinski definition) is 0. The van der Waals surface area contributed by atoms with E-state index in [1.807, 2.05) is 0 Å². The zero-order valence-corrected chi connectivity index (χ0v) is 10.4. The molecule has 1 aliphatic heterocycles. The normalized spacial score (nSPS) is 29.2. The highest BCUT2D eigenvalue weighted by molar-refractivity contribution is 8.00. The molecule has 1 fully saturated rings. The average Bonchev–Trinajstić information content (AvgIpc) is 2.74. The van der Waals surface area contributed by atoms with Gasteiger partial charge in [-0.1, -0.05) is 10.2 Å². The van der Waals surface area contributed by atoms with E-state index in [2.05, 4.69) is 20.1 Å². The van der Waals surface area contributed by atoms with E-state index in [1.54, 1.807) is 26.0 Å². The first-order valence-electron chi connectivity index (χ1n) is 5.00. The summed E-state index contributed by atoms with van der Waals surface area (Å²) in [4.78, 5) is 5.54. The fourth-order valence-electron chi connectivity index (χ4n) is 1.78. The minimum atomic E-state index is -0.297. The molecular weight excluding hydrogens is 244 g/mol. The zero-order chi connectivity index (χ0) is 12.7. The van der Waals surface area contributed by atoms with Gasteiger partial charge in [0.2, 0.25) is 0 Å². The second-order valence-electron chi connectivity index (χ2n) is 3.46. The molecule has 0 unspecified atom stereocenters. The molecule has 8 nitrogen and oxygen atoms in total. The van der Waals surface area contributed by atoms with Gasteiger partial charge in [0.1, 0.15) is 0 Å². The first-order chi connectivity index (χ1) is 8.28. The Bertz CT molecular complexity index is 341. The van der Waals surface area contributed by atoms with Crippen LogP contribution in [0.15, 0.2) is 10.2 Å². The van der Waals surface area contributed by atoms with Crippen LogP contribution in [-0.4, -0.2) is 50.0 Å². The largest absolute Gasteiger partial charge is 0.380 e. The molecular formula is C8H14N6O2S. The van der Waals surface area contributed by atoms with Crippen LogP contribution in [0, 0.1) is 0 Å². The van der Waals surface area contributed by atoms with Crippen molar-refractivity contribution in [2.75, 3.05) is 26.5 Å². The standard InChI is InChI=1S/C8H14N6O2S/c1-15-5(3-11-13-9)8-7(12-14-10)6(16-2)4-17-8/h5-8H,3-4H2,1-2H3/t5-,6-,7-,8-/m0/s1. The molecule has 0 aromatic carbocycles. The second kappa shape index (κ2) is 7.26. The highest BCUT2D eigenvalue weighted by Crippen LogP contribution is 2.34. The van der Waals surface area contributed by atoms with Crippen molar-refractivity contribution >= 4 is 11.8 Å². The summed E-state index contributed by atoms with van der Waals surface area (Å²) < 4.78 is 10.5. The molecule has 0 N–H and O–H groups in total. The minimum Gasteiger partial charge on any atom is -0.380 e. The summed E-state index contributed by atoms with van der Waals surface area (Å²) in [7, 11) is 3.13. The van der Waals surface area contributed by atoms with Gasteiger partial charge < -0.3 is 9.47 Å². The van der Waals surface area contributed by atoms with Crippen molar-refractivity contribution in [3.63, 3.8) is 0 Å². The molecule has 0 aromatic heterocycles. The van der Waals surface area contributed by atoms with Crippen molar-refractivity contribution in [2.24, 2.45) is 10.2 Å². The van der Waals surface area contributed by atoms with Crippen LogP contribution in [0.25, 0.3) is 20.9 Å². The SMILES string of the molecule is CO[C@H]1CS[C@@H]([C@H](CN=[N+]=[N-])OC)[C@H]1N=[N+]=[N-]. The van der Waals surface area contributed by atoms with Crippen LogP contribution in [0.2, 0.25) is 0 Å². The van der Waals surface area contributed by atoms with Gasteiger partial charge in [-0.15, -0.1) is 0 Å². The molecule has 0 spiro atoms. The van der Waals surface area contributed by atoms with Gasteiger partial charge in [-0.05, 0) is 11.1 Å². The maximum absolute atomic E-state index is 8.56. The summed E-state index contributed by atoms with van der Waals surface area (Å²) in [5.41, 5.74) is 16.9. The smallest absolute Gasteiger partial charge is 0.0787 e. The van der Waals surface area contributed by atoms with Gasteiger partial charge in [-0.25, -0.2) is 0 Å². The van der Waals surface area contributed by atoms with Crippen LogP contribution in [0.5, 0.6) is 0 Å². The van der Waals surface area contributed by atoms with Gasteiger partial charge in [0, 0.05) is 35.0 Å². The van der Waals surface area contributed by atoms with E-state index in [1.165, 1.54) is 0 Å². The summed E-state index contributed by atoms with van der Waals surface area (Å²) in [5, 5.41) is 7.20. The maximum atomic E-state index is 8.56. The van der Waals surface area contributed by atoms with E-state index in [9.17, 15) is 0 Å². The Morgan fingerprint density at radius 3 is 2.71 bits per heavy atom. The van der Waals surface area contributed by atoms with E-state index in [4.69, 9.17) is 20.5 Å². The highest BCUT2D eigenvalue weighted by atomic mass is 32.2. The van der Waals surface area contributed by atoms with Gasteiger partial charge in [0.25, 0.3) is 0 Å². The van der Waals surface area contributed by atoms with Crippen LogP contribution >= 0.6 is 11.8 Å². The van der Waals surface area contributed by atoms with Crippen LogP contribution in [0.1, 0.15) is 0 Å². The van der Waals surface area contributed by atoms with Crippen LogP contribution in [0.3, 0.4) is 0 Å². The first-order valence-corrected chi connectivity index (χ1v) is 6.05. The Morgan fingerprint density at radius 2 is 2.18 bits per heavy atom. The van der Waals surface area contributed by atoms with E-state index < -0.39 is 0 Å². The van der Waals surface area contributed by atoms with Crippen molar-refractivity contribution in [3.05, 3.63) is 20.9 Å². The molecule has 1 aliphatic rings. The third-order valence-electron chi connectivity index (χ3n) is 2.65. The molecule has 9 heteroatoms. The summed E-state index contributed by atoms with van der Waals surface area (Å²) >= 11 is 1.61. The lowest BCUT2D eigenvalue weighted by Crippen LogP contribution is -2.38. The fourth-order valence-corrected chi connectivity index (χ4v) is 3.36. The summed E-state index contributed by atoms with van der Waals surface area (Å²) in [5.74, 6) is 0.737. The summed E-state index contributed by atoms with van der Waals surface area (Å²) in [6, 6.07) is -0.297. The number of rotatable bonds is 6. The maximum Gasteiger partial charge on any atom is 0.0787 e. The van der Waals surface area contributed by atoms with E-state index >= 15 is 0 Å². The van der Waals surface area contributed by atoms with Gasteiger partial charge in [0.05, 0.1) is 24.8 Å². The third kappa shape index (κ3) is 3.42. The number of nitrogens with zero attached hydrogens (tertiary/aromatic N) is 6. The predicted molar refractivity (Wildman–Crippen MR) is 64.8 cm³/mol. The van der Waals surface area contributed by atoms with E-state index in [0.29, 0.717) is 0 Å².